The van der Waals surface area contributed by atoms with Gasteiger partial charge in [-0.15, -0.1) is 5.10 Å². The van der Waals surface area contributed by atoms with Gasteiger partial charge in [0.05, 0.1) is 17.9 Å². The summed E-state index contributed by atoms with van der Waals surface area (Å²) >= 11 is 0. The number of aromatic nitrogens is 3. The highest BCUT2D eigenvalue weighted by Gasteiger charge is 2.17. The Kier molecular flexibility index (Phi) is 4.07. The van der Waals surface area contributed by atoms with Crippen LogP contribution in [0.25, 0.3) is 0 Å². The van der Waals surface area contributed by atoms with Crippen molar-refractivity contribution >= 4 is 0 Å². The van der Waals surface area contributed by atoms with Crippen LogP contribution in [0.3, 0.4) is 0 Å². The molecule has 0 aliphatic rings. The van der Waals surface area contributed by atoms with Gasteiger partial charge in [0.1, 0.15) is 0 Å². The van der Waals surface area contributed by atoms with Gasteiger partial charge in [-0.05, 0) is 18.9 Å². The topological polar surface area (TPSA) is 68.8 Å². The third-order valence-electron chi connectivity index (χ3n) is 2.96. The third-order valence-corrected chi connectivity index (χ3v) is 2.96. The van der Waals surface area contributed by atoms with Crippen LogP contribution in [0.5, 0.6) is 0 Å². The molecule has 0 aliphatic carbocycles. The van der Waals surface area contributed by atoms with Gasteiger partial charge < -0.3 is 0 Å². The highest BCUT2D eigenvalue weighted by Crippen LogP contribution is 2.20. The Labute approximate surface area is 107 Å². The normalized spacial score (nSPS) is 12.6. The molecule has 0 radical (unpaired) electrons. The van der Waals surface area contributed by atoms with Crippen LogP contribution in [0, 0.1) is 6.92 Å². The first-order valence-electron chi connectivity index (χ1n) is 6.17. The van der Waals surface area contributed by atoms with Gasteiger partial charge in [-0.2, -0.15) is 0 Å². The first-order valence-corrected chi connectivity index (χ1v) is 6.17. The predicted octanol–water partition coefficient (Wildman–Crippen LogP) is 1.55. The zero-order chi connectivity index (χ0) is 13.0. The monoisotopic (exact) mass is 245 g/mol. The number of nitrogens with two attached hydrogens (primary N) is 1. The van der Waals surface area contributed by atoms with E-state index in [0.717, 1.165) is 24.2 Å². The van der Waals surface area contributed by atoms with Crippen LogP contribution in [-0.4, -0.2) is 15.0 Å². The molecule has 96 valence electrons. The van der Waals surface area contributed by atoms with Crippen molar-refractivity contribution in [1.29, 1.82) is 0 Å². The molecule has 0 spiro atoms. The van der Waals surface area contributed by atoms with E-state index >= 15 is 0 Å². The predicted molar refractivity (Wildman–Crippen MR) is 70.7 cm³/mol. The van der Waals surface area contributed by atoms with Crippen LogP contribution in [0.2, 0.25) is 0 Å². The molecule has 0 amide bonds. The molecule has 1 atom stereocenters. The molecular weight excluding hydrogens is 226 g/mol. The molecule has 5 nitrogen and oxygen atoms in total. The number of hydrogen-bond donors (Lipinski definition) is 2. The maximum Gasteiger partial charge on any atom is 0.0894 e. The van der Waals surface area contributed by atoms with Crippen molar-refractivity contribution in [2.45, 2.75) is 32.9 Å². The Morgan fingerprint density at radius 1 is 1.33 bits per heavy atom. The number of benzene rings is 1. The molecule has 2 aromatic rings. The summed E-state index contributed by atoms with van der Waals surface area (Å²) in [5.41, 5.74) is 6.17. The van der Waals surface area contributed by atoms with Crippen LogP contribution in [0.4, 0.5) is 0 Å². The molecule has 0 saturated heterocycles. The van der Waals surface area contributed by atoms with Crippen molar-refractivity contribution in [1.82, 2.24) is 20.4 Å². The fourth-order valence-electron chi connectivity index (χ4n) is 1.99. The summed E-state index contributed by atoms with van der Waals surface area (Å²) in [4.78, 5) is 0. The number of hydrazine groups is 1. The number of aryl methyl sites for hydroxylation is 2. The summed E-state index contributed by atoms with van der Waals surface area (Å²) in [6.45, 7) is 5.03. The molecule has 1 heterocycles. The molecule has 1 unspecified atom stereocenters. The van der Waals surface area contributed by atoms with E-state index in [9.17, 15) is 0 Å². The van der Waals surface area contributed by atoms with E-state index in [4.69, 9.17) is 5.84 Å². The maximum atomic E-state index is 5.68. The number of nitrogens with one attached hydrogen (secondary N) is 1. The van der Waals surface area contributed by atoms with E-state index in [-0.39, 0.29) is 6.04 Å². The molecule has 0 bridgehead atoms. The molecule has 0 saturated carbocycles. The van der Waals surface area contributed by atoms with E-state index in [1.165, 1.54) is 5.56 Å². The van der Waals surface area contributed by atoms with Crippen LogP contribution in [0.1, 0.15) is 36.2 Å². The maximum absolute atomic E-state index is 5.68. The first-order chi connectivity index (χ1) is 8.76. The van der Waals surface area contributed by atoms with Gasteiger partial charge in [-0.3, -0.25) is 5.84 Å². The van der Waals surface area contributed by atoms with Gasteiger partial charge in [0.2, 0.25) is 0 Å². The van der Waals surface area contributed by atoms with E-state index in [2.05, 4.69) is 53.9 Å². The summed E-state index contributed by atoms with van der Waals surface area (Å²) in [6.07, 6.45) is 2.78. The van der Waals surface area contributed by atoms with Gasteiger partial charge in [0.25, 0.3) is 0 Å². The van der Waals surface area contributed by atoms with Gasteiger partial charge in [-0.25, -0.2) is 10.1 Å². The molecule has 3 N–H and O–H groups in total. The van der Waals surface area contributed by atoms with E-state index in [0.29, 0.717) is 0 Å². The number of hydrogen-bond acceptors (Lipinski definition) is 4. The van der Waals surface area contributed by atoms with Crippen LogP contribution in [-0.2, 0) is 6.54 Å². The van der Waals surface area contributed by atoms with Gasteiger partial charge >= 0.3 is 0 Å². The molecule has 0 fully saturated rings. The summed E-state index contributed by atoms with van der Waals surface area (Å²) in [7, 11) is 0. The zero-order valence-corrected chi connectivity index (χ0v) is 10.8. The highest BCUT2D eigenvalue weighted by molar-refractivity contribution is 5.29. The SMILES string of the molecule is CCCn1nncc1C(NN)c1ccc(C)cc1. The lowest BCUT2D eigenvalue weighted by Gasteiger charge is -2.17. The minimum absolute atomic E-state index is 0.0767. The lowest BCUT2D eigenvalue weighted by atomic mass is 10.0. The van der Waals surface area contributed by atoms with Crippen molar-refractivity contribution in [3.05, 3.63) is 47.3 Å². The highest BCUT2D eigenvalue weighted by atomic mass is 15.4. The quantitative estimate of drug-likeness (QED) is 0.619. The van der Waals surface area contributed by atoms with Crippen molar-refractivity contribution in [3.8, 4) is 0 Å². The summed E-state index contributed by atoms with van der Waals surface area (Å²) < 4.78 is 1.89. The van der Waals surface area contributed by atoms with Crippen LogP contribution >= 0.6 is 0 Å². The minimum Gasteiger partial charge on any atom is -0.271 e. The fraction of sp³-hybridized carbons (Fsp3) is 0.385. The Bertz CT molecular complexity index is 488. The molecule has 5 heteroatoms. The molecule has 2 rings (SSSR count). The average Bonchev–Trinajstić information content (AvgIpc) is 2.82. The largest absolute Gasteiger partial charge is 0.271 e. The third kappa shape index (κ3) is 2.57. The first kappa shape index (κ1) is 12.7. The Morgan fingerprint density at radius 2 is 2.06 bits per heavy atom. The molecule has 1 aromatic heterocycles. The second-order valence-electron chi connectivity index (χ2n) is 4.39. The standard InChI is InChI=1S/C13H19N5/c1-3-8-18-12(9-15-17-18)13(16-14)11-6-4-10(2)5-7-11/h4-7,9,13,16H,3,8,14H2,1-2H3. The number of nitrogens with zero attached hydrogens (tertiary/aromatic N) is 3. The van der Waals surface area contributed by atoms with E-state index in [1.807, 2.05) is 4.68 Å². The van der Waals surface area contributed by atoms with Gasteiger partial charge in [0.15, 0.2) is 0 Å². The summed E-state index contributed by atoms with van der Waals surface area (Å²) in [6, 6.07) is 8.22. The van der Waals surface area contributed by atoms with Crippen molar-refractivity contribution in [3.63, 3.8) is 0 Å². The molecule has 0 aliphatic heterocycles. The Balaban J connectivity index is 2.32. The van der Waals surface area contributed by atoms with Crippen molar-refractivity contribution in [2.75, 3.05) is 0 Å². The molecular formula is C13H19N5. The lowest BCUT2D eigenvalue weighted by molar-refractivity contribution is 0.512. The number of rotatable bonds is 5. The summed E-state index contributed by atoms with van der Waals surface area (Å²) in [5.74, 6) is 5.68. The van der Waals surface area contributed by atoms with E-state index < -0.39 is 0 Å². The summed E-state index contributed by atoms with van der Waals surface area (Å²) in [5, 5.41) is 8.06. The second-order valence-corrected chi connectivity index (χ2v) is 4.39. The van der Waals surface area contributed by atoms with Gasteiger partial charge in [0, 0.05) is 6.54 Å². The van der Waals surface area contributed by atoms with E-state index in [1.54, 1.807) is 6.20 Å². The minimum atomic E-state index is -0.0767. The van der Waals surface area contributed by atoms with Crippen LogP contribution in [0.15, 0.2) is 30.5 Å². The van der Waals surface area contributed by atoms with Crippen molar-refractivity contribution in [2.24, 2.45) is 5.84 Å². The van der Waals surface area contributed by atoms with Crippen LogP contribution < -0.4 is 11.3 Å². The Hall–Kier alpha value is -1.72. The Morgan fingerprint density at radius 3 is 2.67 bits per heavy atom. The fourth-order valence-corrected chi connectivity index (χ4v) is 1.99. The average molecular weight is 245 g/mol. The molecule has 18 heavy (non-hydrogen) atoms. The smallest absolute Gasteiger partial charge is 0.0894 e. The zero-order valence-electron chi connectivity index (χ0n) is 10.8. The molecule has 1 aromatic carbocycles. The van der Waals surface area contributed by atoms with Gasteiger partial charge in [-0.1, -0.05) is 42.0 Å². The van der Waals surface area contributed by atoms with Crippen molar-refractivity contribution < 1.29 is 0 Å². The second kappa shape index (κ2) is 5.75. The lowest BCUT2D eigenvalue weighted by Crippen LogP contribution is -2.30.